The van der Waals surface area contributed by atoms with Gasteiger partial charge in [0.25, 0.3) is 0 Å². The molecule has 5 heteroatoms. The smallest absolute Gasteiger partial charge is 0.305 e. The average molecular weight is 344 g/mol. The highest BCUT2D eigenvalue weighted by Gasteiger charge is 2.11. The van der Waals surface area contributed by atoms with Crippen LogP contribution in [0, 0.1) is 5.92 Å². The molecule has 0 heterocycles. The maximum atomic E-state index is 11.7. The molecule has 24 heavy (non-hydrogen) atoms. The Kier molecular flexibility index (Phi) is 16.0. The highest BCUT2D eigenvalue weighted by atomic mass is 16.5. The van der Waals surface area contributed by atoms with Gasteiger partial charge in [-0.2, -0.15) is 0 Å². The molecule has 0 aromatic heterocycles. The summed E-state index contributed by atoms with van der Waals surface area (Å²) in [7, 11) is 1.71. The quantitative estimate of drug-likeness (QED) is 0.309. The first kappa shape index (κ1) is 22.9. The van der Waals surface area contributed by atoms with Crippen LogP contribution in [0.3, 0.4) is 0 Å². The van der Waals surface area contributed by atoms with E-state index in [9.17, 15) is 9.59 Å². The van der Waals surface area contributed by atoms with Gasteiger partial charge in [0, 0.05) is 26.6 Å². The fraction of sp³-hybridized carbons (Fsp3) is 0.895. The van der Waals surface area contributed by atoms with Gasteiger partial charge in [-0.05, 0) is 31.6 Å². The second-order valence-electron chi connectivity index (χ2n) is 6.23. The SMILES string of the molecule is CCCCOC(=O)CCCC(=O)OCCC(CCCC)CCOC. The lowest BCUT2D eigenvalue weighted by atomic mass is 9.96. The van der Waals surface area contributed by atoms with Crippen LogP contribution in [0.5, 0.6) is 0 Å². The summed E-state index contributed by atoms with van der Waals surface area (Å²) < 4.78 is 15.5. The Morgan fingerprint density at radius 2 is 1.33 bits per heavy atom. The number of methoxy groups -OCH3 is 1. The molecule has 0 spiro atoms. The van der Waals surface area contributed by atoms with Crippen molar-refractivity contribution >= 4 is 11.9 Å². The third kappa shape index (κ3) is 14.5. The molecule has 0 aliphatic rings. The van der Waals surface area contributed by atoms with E-state index in [1.165, 1.54) is 12.8 Å². The highest BCUT2D eigenvalue weighted by Crippen LogP contribution is 2.17. The van der Waals surface area contributed by atoms with Crippen molar-refractivity contribution in [1.29, 1.82) is 0 Å². The van der Waals surface area contributed by atoms with Gasteiger partial charge in [-0.25, -0.2) is 0 Å². The number of carbonyl (C=O) groups excluding carboxylic acids is 2. The van der Waals surface area contributed by atoms with Crippen molar-refractivity contribution in [3.63, 3.8) is 0 Å². The summed E-state index contributed by atoms with van der Waals surface area (Å²) >= 11 is 0. The molecule has 0 aromatic carbocycles. The fourth-order valence-electron chi connectivity index (χ4n) is 2.40. The van der Waals surface area contributed by atoms with E-state index >= 15 is 0 Å². The summed E-state index contributed by atoms with van der Waals surface area (Å²) in [5.74, 6) is 0.0963. The Labute approximate surface area is 147 Å². The van der Waals surface area contributed by atoms with E-state index in [1.54, 1.807) is 7.11 Å². The Hall–Kier alpha value is -1.10. The molecule has 5 nitrogen and oxygen atoms in total. The first-order chi connectivity index (χ1) is 11.6. The van der Waals surface area contributed by atoms with Crippen molar-refractivity contribution in [2.75, 3.05) is 26.9 Å². The van der Waals surface area contributed by atoms with Crippen molar-refractivity contribution in [3.05, 3.63) is 0 Å². The topological polar surface area (TPSA) is 61.8 Å². The maximum absolute atomic E-state index is 11.7. The minimum absolute atomic E-state index is 0.225. The van der Waals surface area contributed by atoms with Gasteiger partial charge in [-0.1, -0.05) is 39.5 Å². The number of esters is 2. The Bertz CT molecular complexity index is 309. The lowest BCUT2D eigenvalue weighted by Crippen LogP contribution is -2.12. The molecule has 142 valence electrons. The molecule has 0 amide bonds. The Balaban J connectivity index is 3.73. The van der Waals surface area contributed by atoms with Gasteiger partial charge in [0.2, 0.25) is 0 Å². The van der Waals surface area contributed by atoms with E-state index in [2.05, 4.69) is 6.92 Å². The lowest BCUT2D eigenvalue weighted by Gasteiger charge is -2.16. The number of unbranched alkanes of at least 4 members (excludes halogenated alkanes) is 2. The molecule has 0 saturated carbocycles. The average Bonchev–Trinajstić information content (AvgIpc) is 2.57. The van der Waals surface area contributed by atoms with Crippen molar-refractivity contribution in [3.8, 4) is 0 Å². The maximum Gasteiger partial charge on any atom is 0.305 e. The predicted molar refractivity (Wildman–Crippen MR) is 94.8 cm³/mol. The van der Waals surface area contributed by atoms with Gasteiger partial charge < -0.3 is 14.2 Å². The molecule has 1 unspecified atom stereocenters. The third-order valence-corrected chi connectivity index (χ3v) is 4.01. The van der Waals surface area contributed by atoms with Gasteiger partial charge in [-0.3, -0.25) is 9.59 Å². The molecule has 0 saturated heterocycles. The number of ether oxygens (including phenoxy) is 3. The largest absolute Gasteiger partial charge is 0.466 e. The molecule has 1 atom stereocenters. The van der Waals surface area contributed by atoms with Crippen LogP contribution >= 0.6 is 0 Å². The van der Waals surface area contributed by atoms with Gasteiger partial charge in [0.1, 0.15) is 0 Å². The molecular formula is C19H36O5. The van der Waals surface area contributed by atoms with E-state index in [4.69, 9.17) is 14.2 Å². The minimum Gasteiger partial charge on any atom is -0.466 e. The second-order valence-corrected chi connectivity index (χ2v) is 6.23. The van der Waals surface area contributed by atoms with Gasteiger partial charge in [0.15, 0.2) is 0 Å². The summed E-state index contributed by atoms with van der Waals surface area (Å²) in [5, 5.41) is 0. The summed E-state index contributed by atoms with van der Waals surface area (Å²) in [6.07, 6.45) is 8.37. The van der Waals surface area contributed by atoms with Gasteiger partial charge >= 0.3 is 11.9 Å². The van der Waals surface area contributed by atoms with E-state index < -0.39 is 0 Å². The highest BCUT2D eigenvalue weighted by molar-refractivity contribution is 5.72. The van der Waals surface area contributed by atoms with Crippen LogP contribution in [-0.4, -0.2) is 38.9 Å². The molecule has 0 aliphatic heterocycles. The molecule has 0 aromatic rings. The number of carbonyl (C=O) groups is 2. The van der Waals surface area contributed by atoms with E-state index in [1.807, 2.05) is 6.92 Å². The Morgan fingerprint density at radius 3 is 1.92 bits per heavy atom. The summed E-state index contributed by atoms with van der Waals surface area (Å²) in [6, 6.07) is 0. The second kappa shape index (κ2) is 16.7. The van der Waals surface area contributed by atoms with Crippen molar-refractivity contribution < 1.29 is 23.8 Å². The van der Waals surface area contributed by atoms with Gasteiger partial charge in [0.05, 0.1) is 13.2 Å². The Morgan fingerprint density at radius 1 is 0.750 bits per heavy atom. The number of hydrogen-bond acceptors (Lipinski definition) is 5. The van der Waals surface area contributed by atoms with Crippen molar-refractivity contribution in [1.82, 2.24) is 0 Å². The summed E-state index contributed by atoms with van der Waals surface area (Å²) in [5.41, 5.74) is 0. The van der Waals surface area contributed by atoms with Crippen LogP contribution in [0.25, 0.3) is 0 Å². The summed E-state index contributed by atoms with van der Waals surface area (Å²) in [6.45, 7) is 5.91. The minimum atomic E-state index is -0.226. The first-order valence-corrected chi connectivity index (χ1v) is 9.44. The van der Waals surface area contributed by atoms with Crippen molar-refractivity contribution in [2.24, 2.45) is 5.92 Å². The molecular weight excluding hydrogens is 308 g/mol. The molecule has 0 rings (SSSR count). The lowest BCUT2D eigenvalue weighted by molar-refractivity contribution is -0.145. The molecule has 0 fully saturated rings. The molecule has 0 bridgehead atoms. The normalized spacial score (nSPS) is 12.0. The standard InChI is InChI=1S/C19H36O5/c1-4-6-9-17(12-15-22-3)13-16-24-19(21)11-8-10-18(20)23-14-7-5-2/h17H,4-16H2,1-3H3. The zero-order valence-corrected chi connectivity index (χ0v) is 15.8. The van der Waals surface area contributed by atoms with Crippen LogP contribution in [0.4, 0.5) is 0 Å². The third-order valence-electron chi connectivity index (χ3n) is 4.01. The zero-order valence-electron chi connectivity index (χ0n) is 15.8. The van der Waals surface area contributed by atoms with Crippen LogP contribution in [-0.2, 0) is 23.8 Å². The number of rotatable bonds is 16. The summed E-state index contributed by atoms with van der Waals surface area (Å²) in [4.78, 5) is 23.1. The predicted octanol–water partition coefficient (Wildman–Crippen LogP) is 4.28. The van der Waals surface area contributed by atoms with Crippen LogP contribution < -0.4 is 0 Å². The van der Waals surface area contributed by atoms with Crippen LogP contribution in [0.15, 0.2) is 0 Å². The van der Waals surface area contributed by atoms with Crippen molar-refractivity contribution in [2.45, 2.75) is 78.1 Å². The van der Waals surface area contributed by atoms with Gasteiger partial charge in [-0.15, -0.1) is 0 Å². The van der Waals surface area contributed by atoms with E-state index in [0.29, 0.717) is 25.6 Å². The zero-order chi connectivity index (χ0) is 18.0. The monoisotopic (exact) mass is 344 g/mol. The number of hydrogen-bond donors (Lipinski definition) is 0. The van der Waals surface area contributed by atoms with E-state index in [0.717, 1.165) is 38.7 Å². The molecule has 0 radical (unpaired) electrons. The first-order valence-electron chi connectivity index (χ1n) is 9.44. The van der Waals surface area contributed by atoms with Crippen LogP contribution in [0.2, 0.25) is 0 Å². The fourth-order valence-corrected chi connectivity index (χ4v) is 2.40. The molecule has 0 aliphatic carbocycles. The van der Waals surface area contributed by atoms with E-state index in [-0.39, 0.29) is 24.8 Å². The molecule has 0 N–H and O–H groups in total. The van der Waals surface area contributed by atoms with Crippen LogP contribution in [0.1, 0.15) is 78.1 Å².